The SMILES string of the molecule is CC(CCCC(=O)O)NC(=O)c1cc(Cl)c(Cl)n1C. The molecule has 106 valence electrons. The predicted molar refractivity (Wildman–Crippen MR) is 73.8 cm³/mol. The van der Waals surface area contributed by atoms with Crippen LogP contribution in [0.4, 0.5) is 0 Å². The Morgan fingerprint density at radius 2 is 2.11 bits per heavy atom. The van der Waals surface area contributed by atoms with Gasteiger partial charge in [-0.3, -0.25) is 9.59 Å². The molecule has 0 aliphatic rings. The summed E-state index contributed by atoms with van der Waals surface area (Å²) in [6.07, 6.45) is 1.22. The van der Waals surface area contributed by atoms with Gasteiger partial charge in [0.05, 0.1) is 5.02 Å². The highest BCUT2D eigenvalue weighted by Gasteiger charge is 2.17. The average molecular weight is 307 g/mol. The van der Waals surface area contributed by atoms with Crippen molar-refractivity contribution in [2.45, 2.75) is 32.2 Å². The zero-order valence-electron chi connectivity index (χ0n) is 10.7. The third-order valence-electron chi connectivity index (χ3n) is 2.75. The van der Waals surface area contributed by atoms with Crippen LogP contribution in [0.15, 0.2) is 6.07 Å². The largest absolute Gasteiger partial charge is 0.481 e. The minimum atomic E-state index is -0.834. The molecule has 0 saturated heterocycles. The van der Waals surface area contributed by atoms with Gasteiger partial charge in [-0.25, -0.2) is 0 Å². The summed E-state index contributed by atoms with van der Waals surface area (Å²) in [6.45, 7) is 1.83. The van der Waals surface area contributed by atoms with Crippen molar-refractivity contribution in [3.63, 3.8) is 0 Å². The van der Waals surface area contributed by atoms with Gasteiger partial charge < -0.3 is 15.0 Å². The van der Waals surface area contributed by atoms with Crippen LogP contribution in [0.1, 0.15) is 36.7 Å². The van der Waals surface area contributed by atoms with Crippen molar-refractivity contribution in [2.75, 3.05) is 0 Å². The number of carboxylic acid groups (broad SMARTS) is 1. The molecule has 19 heavy (non-hydrogen) atoms. The van der Waals surface area contributed by atoms with E-state index in [1.165, 1.54) is 10.6 Å². The van der Waals surface area contributed by atoms with E-state index in [1.54, 1.807) is 7.05 Å². The summed E-state index contributed by atoms with van der Waals surface area (Å²) in [5.74, 6) is -1.11. The first kappa shape index (κ1) is 15.9. The number of amides is 1. The molecule has 7 heteroatoms. The molecule has 1 rings (SSSR count). The maximum atomic E-state index is 12.0. The molecule has 1 unspecified atom stereocenters. The van der Waals surface area contributed by atoms with Crippen molar-refractivity contribution in [2.24, 2.45) is 7.05 Å². The van der Waals surface area contributed by atoms with Gasteiger partial charge in [-0.05, 0) is 25.8 Å². The van der Waals surface area contributed by atoms with E-state index in [-0.39, 0.29) is 18.4 Å². The zero-order valence-corrected chi connectivity index (χ0v) is 12.3. The molecule has 0 radical (unpaired) electrons. The van der Waals surface area contributed by atoms with E-state index in [2.05, 4.69) is 5.32 Å². The Kier molecular flexibility index (Phi) is 5.69. The number of hydrogen-bond acceptors (Lipinski definition) is 2. The van der Waals surface area contributed by atoms with Crippen molar-refractivity contribution < 1.29 is 14.7 Å². The summed E-state index contributed by atoms with van der Waals surface area (Å²) >= 11 is 11.7. The topological polar surface area (TPSA) is 71.3 Å². The molecular formula is C12H16Cl2N2O3. The number of carboxylic acids is 1. The first-order chi connectivity index (χ1) is 8.82. The van der Waals surface area contributed by atoms with E-state index in [9.17, 15) is 9.59 Å². The Morgan fingerprint density at radius 1 is 1.47 bits per heavy atom. The standard InChI is InChI=1S/C12H16Cl2N2O3/c1-7(4-3-5-10(17)18)15-12(19)9-6-8(13)11(14)16(9)2/h6-7H,3-5H2,1-2H3,(H,15,19)(H,17,18). The number of nitrogens with zero attached hydrogens (tertiary/aromatic N) is 1. The quantitative estimate of drug-likeness (QED) is 0.849. The highest BCUT2D eigenvalue weighted by molar-refractivity contribution is 6.41. The van der Waals surface area contributed by atoms with E-state index in [0.717, 1.165) is 0 Å². The third-order valence-corrected chi connectivity index (χ3v) is 3.60. The highest BCUT2D eigenvalue weighted by atomic mass is 35.5. The predicted octanol–water partition coefficient (Wildman–Crippen LogP) is 2.71. The molecule has 0 aliphatic carbocycles. The van der Waals surface area contributed by atoms with E-state index in [0.29, 0.717) is 28.7 Å². The second-order valence-corrected chi connectivity index (χ2v) is 5.15. The molecule has 0 fully saturated rings. The average Bonchev–Trinajstić information content (AvgIpc) is 2.56. The van der Waals surface area contributed by atoms with Gasteiger partial charge in [-0.15, -0.1) is 0 Å². The van der Waals surface area contributed by atoms with Crippen molar-refractivity contribution >= 4 is 35.1 Å². The summed E-state index contributed by atoms with van der Waals surface area (Å²) in [4.78, 5) is 22.4. The van der Waals surface area contributed by atoms with Gasteiger partial charge in [0.25, 0.3) is 5.91 Å². The van der Waals surface area contributed by atoms with Crippen molar-refractivity contribution in [1.82, 2.24) is 9.88 Å². The lowest BCUT2D eigenvalue weighted by Crippen LogP contribution is -2.33. The number of hydrogen-bond donors (Lipinski definition) is 2. The molecule has 0 spiro atoms. The molecule has 0 aromatic carbocycles. The number of carbonyl (C=O) groups excluding carboxylic acids is 1. The number of aliphatic carboxylic acids is 1. The van der Waals surface area contributed by atoms with Crippen LogP contribution in [0, 0.1) is 0 Å². The van der Waals surface area contributed by atoms with Crippen LogP contribution in [0.2, 0.25) is 10.2 Å². The van der Waals surface area contributed by atoms with E-state index >= 15 is 0 Å². The van der Waals surface area contributed by atoms with Gasteiger partial charge in [-0.1, -0.05) is 23.2 Å². The second kappa shape index (κ2) is 6.82. The Hall–Kier alpha value is -1.20. The smallest absolute Gasteiger partial charge is 0.303 e. The zero-order chi connectivity index (χ0) is 14.6. The van der Waals surface area contributed by atoms with Crippen LogP contribution < -0.4 is 5.32 Å². The van der Waals surface area contributed by atoms with Gasteiger partial charge in [0.2, 0.25) is 0 Å². The Morgan fingerprint density at radius 3 is 2.58 bits per heavy atom. The molecule has 1 amide bonds. The van der Waals surface area contributed by atoms with Crippen LogP contribution in [0.3, 0.4) is 0 Å². The summed E-state index contributed by atoms with van der Waals surface area (Å²) in [5, 5.41) is 12.0. The Bertz CT molecular complexity index is 486. The first-order valence-electron chi connectivity index (χ1n) is 5.86. The molecule has 5 nitrogen and oxygen atoms in total. The summed E-state index contributed by atoms with van der Waals surface area (Å²) < 4.78 is 1.50. The molecule has 0 saturated carbocycles. The fourth-order valence-corrected chi connectivity index (χ4v) is 2.07. The van der Waals surface area contributed by atoms with Gasteiger partial charge in [-0.2, -0.15) is 0 Å². The molecule has 0 aliphatic heterocycles. The minimum Gasteiger partial charge on any atom is -0.481 e. The number of rotatable bonds is 6. The first-order valence-corrected chi connectivity index (χ1v) is 6.62. The molecule has 1 aromatic heterocycles. The van der Waals surface area contributed by atoms with E-state index in [1.807, 2.05) is 6.92 Å². The number of aromatic nitrogens is 1. The Labute approximate surface area is 121 Å². The number of nitrogens with one attached hydrogen (secondary N) is 1. The lowest BCUT2D eigenvalue weighted by atomic mass is 10.1. The van der Waals surface area contributed by atoms with Crippen LogP contribution >= 0.6 is 23.2 Å². The maximum absolute atomic E-state index is 12.0. The van der Waals surface area contributed by atoms with E-state index < -0.39 is 5.97 Å². The molecule has 1 atom stereocenters. The number of carbonyl (C=O) groups is 2. The summed E-state index contributed by atoms with van der Waals surface area (Å²) in [5.41, 5.74) is 0.375. The van der Waals surface area contributed by atoms with Gasteiger partial charge in [0.1, 0.15) is 10.8 Å². The molecule has 1 aromatic rings. The van der Waals surface area contributed by atoms with Crippen molar-refractivity contribution in [1.29, 1.82) is 0 Å². The van der Waals surface area contributed by atoms with Gasteiger partial charge in [0, 0.05) is 19.5 Å². The molecular weight excluding hydrogens is 291 g/mol. The monoisotopic (exact) mass is 306 g/mol. The second-order valence-electron chi connectivity index (χ2n) is 4.39. The van der Waals surface area contributed by atoms with Crippen LogP contribution in [0.25, 0.3) is 0 Å². The lowest BCUT2D eigenvalue weighted by molar-refractivity contribution is -0.137. The third kappa shape index (κ3) is 4.44. The lowest BCUT2D eigenvalue weighted by Gasteiger charge is -2.13. The normalized spacial score (nSPS) is 12.2. The fraction of sp³-hybridized carbons (Fsp3) is 0.500. The minimum absolute atomic E-state index is 0.0992. The van der Waals surface area contributed by atoms with Crippen LogP contribution in [0.5, 0.6) is 0 Å². The van der Waals surface area contributed by atoms with Crippen molar-refractivity contribution in [3.8, 4) is 0 Å². The molecule has 1 heterocycles. The number of halogens is 2. The van der Waals surface area contributed by atoms with Crippen molar-refractivity contribution in [3.05, 3.63) is 21.9 Å². The maximum Gasteiger partial charge on any atom is 0.303 e. The van der Waals surface area contributed by atoms with Crippen LogP contribution in [-0.4, -0.2) is 27.6 Å². The molecule has 2 N–H and O–H groups in total. The molecule has 0 bridgehead atoms. The van der Waals surface area contributed by atoms with E-state index in [4.69, 9.17) is 28.3 Å². The fourth-order valence-electron chi connectivity index (χ4n) is 1.69. The summed E-state index contributed by atoms with van der Waals surface area (Å²) in [7, 11) is 1.65. The van der Waals surface area contributed by atoms with Gasteiger partial charge in [0.15, 0.2) is 0 Å². The highest BCUT2D eigenvalue weighted by Crippen LogP contribution is 2.25. The van der Waals surface area contributed by atoms with Gasteiger partial charge >= 0.3 is 5.97 Å². The Balaban J connectivity index is 2.54. The van der Waals surface area contributed by atoms with Crippen LogP contribution in [-0.2, 0) is 11.8 Å². The summed E-state index contributed by atoms with van der Waals surface area (Å²) in [6, 6.07) is 1.39.